The van der Waals surface area contributed by atoms with Crippen molar-refractivity contribution in [2.45, 2.75) is 37.8 Å². The summed E-state index contributed by atoms with van der Waals surface area (Å²) in [6.07, 6.45) is 1.02. The summed E-state index contributed by atoms with van der Waals surface area (Å²) >= 11 is 1.06. The van der Waals surface area contributed by atoms with Crippen LogP contribution in [0.1, 0.15) is 32.1 Å². The van der Waals surface area contributed by atoms with E-state index < -0.39 is 20.0 Å². The fourth-order valence-corrected chi connectivity index (χ4v) is 4.70. The van der Waals surface area contributed by atoms with E-state index in [0.29, 0.717) is 12.8 Å². The summed E-state index contributed by atoms with van der Waals surface area (Å²) in [5.41, 5.74) is -0.0348. The quantitative estimate of drug-likeness (QED) is 0.769. The number of nitrogens with two attached hydrogens (primary N) is 1. The zero-order valence-corrected chi connectivity index (χ0v) is 14.9. The Morgan fingerprint density at radius 2 is 1.81 bits per heavy atom. The molecule has 9 heteroatoms. The van der Waals surface area contributed by atoms with E-state index in [1.165, 1.54) is 6.07 Å². The first-order chi connectivity index (χ1) is 9.39. The molecule has 0 unspecified atom stereocenters. The fourth-order valence-electron chi connectivity index (χ4n) is 1.49. The monoisotopic (exact) mass is 354 g/mol. The normalized spacial score (nSPS) is 13.5. The third-order valence-corrected chi connectivity index (χ3v) is 6.70. The van der Waals surface area contributed by atoms with Crippen LogP contribution in [0.15, 0.2) is 16.3 Å². The van der Waals surface area contributed by atoms with Crippen molar-refractivity contribution >= 4 is 31.4 Å². The van der Waals surface area contributed by atoms with E-state index in [1.807, 2.05) is 20.8 Å². The van der Waals surface area contributed by atoms with Gasteiger partial charge in [-0.05, 0) is 30.4 Å². The molecule has 122 valence electrons. The Morgan fingerprint density at radius 3 is 2.29 bits per heavy atom. The molecule has 0 bridgehead atoms. The van der Waals surface area contributed by atoms with Crippen molar-refractivity contribution in [2.24, 2.45) is 10.6 Å². The summed E-state index contributed by atoms with van der Waals surface area (Å²) in [4.78, 5) is 0.776. The molecule has 0 aliphatic rings. The highest BCUT2D eigenvalue weighted by molar-refractivity contribution is 7.91. The van der Waals surface area contributed by atoms with Gasteiger partial charge in [-0.25, -0.2) is 26.7 Å². The molecule has 1 aromatic heterocycles. The molecule has 21 heavy (non-hydrogen) atoms. The molecular formula is C12H22N2O4S3. The van der Waals surface area contributed by atoms with E-state index in [-0.39, 0.29) is 21.9 Å². The van der Waals surface area contributed by atoms with E-state index in [2.05, 4.69) is 4.72 Å². The van der Waals surface area contributed by atoms with Crippen LogP contribution < -0.4 is 9.86 Å². The molecule has 0 saturated carbocycles. The van der Waals surface area contributed by atoms with Gasteiger partial charge in [0.05, 0.1) is 5.75 Å². The van der Waals surface area contributed by atoms with Crippen LogP contribution in [0.3, 0.4) is 0 Å². The Morgan fingerprint density at radius 1 is 1.19 bits per heavy atom. The summed E-state index contributed by atoms with van der Waals surface area (Å²) in [6, 6.07) is 3.08. The van der Waals surface area contributed by atoms with Crippen LogP contribution >= 0.6 is 11.3 Å². The molecule has 6 nitrogen and oxygen atoms in total. The molecule has 3 N–H and O–H groups in total. The second kappa shape index (κ2) is 6.74. The Kier molecular flexibility index (Phi) is 5.96. The molecule has 0 radical (unpaired) electrons. The summed E-state index contributed by atoms with van der Waals surface area (Å²) < 4.78 is 48.5. The predicted molar refractivity (Wildman–Crippen MR) is 85.3 cm³/mol. The second-order valence-electron chi connectivity index (χ2n) is 6.04. The fraction of sp³-hybridized carbons (Fsp3) is 0.667. The Hall–Kier alpha value is -0.480. The highest BCUT2D eigenvalue weighted by atomic mass is 32.2. The first-order valence-corrected chi connectivity index (χ1v) is 10.5. The molecule has 0 atom stereocenters. The van der Waals surface area contributed by atoms with E-state index in [9.17, 15) is 16.8 Å². The van der Waals surface area contributed by atoms with E-state index >= 15 is 0 Å². The SMILES string of the molecule is CC(C)(C)CCS(=O)(=O)NCCc1ccc(S(N)(=O)=O)s1. The molecule has 0 aliphatic carbocycles. The number of hydrogen-bond donors (Lipinski definition) is 2. The minimum atomic E-state index is -3.68. The number of thiophene rings is 1. The van der Waals surface area contributed by atoms with Crippen molar-refractivity contribution in [1.29, 1.82) is 0 Å². The lowest BCUT2D eigenvalue weighted by molar-refractivity contribution is 0.396. The van der Waals surface area contributed by atoms with Gasteiger partial charge in [0.2, 0.25) is 20.0 Å². The van der Waals surface area contributed by atoms with Crippen LogP contribution in [0.5, 0.6) is 0 Å². The van der Waals surface area contributed by atoms with E-state index in [4.69, 9.17) is 5.14 Å². The van der Waals surface area contributed by atoms with Gasteiger partial charge in [0.15, 0.2) is 0 Å². The van der Waals surface area contributed by atoms with Crippen LogP contribution in [0.4, 0.5) is 0 Å². The van der Waals surface area contributed by atoms with Gasteiger partial charge in [-0.1, -0.05) is 20.8 Å². The lowest BCUT2D eigenvalue weighted by Gasteiger charge is -2.17. The molecule has 0 spiro atoms. The van der Waals surface area contributed by atoms with Crippen molar-refractivity contribution in [3.63, 3.8) is 0 Å². The van der Waals surface area contributed by atoms with Gasteiger partial charge in [0.1, 0.15) is 4.21 Å². The van der Waals surface area contributed by atoms with Gasteiger partial charge in [0.25, 0.3) is 0 Å². The van der Waals surface area contributed by atoms with Crippen LogP contribution in [-0.4, -0.2) is 29.1 Å². The maximum Gasteiger partial charge on any atom is 0.247 e. The molecule has 0 aliphatic heterocycles. The Labute approximate surface area is 130 Å². The molecule has 0 saturated heterocycles. The molecule has 0 amide bonds. The molecular weight excluding hydrogens is 332 g/mol. The molecule has 1 aromatic rings. The summed E-state index contributed by atoms with van der Waals surface area (Å²) in [5, 5.41) is 5.02. The number of sulfonamides is 2. The van der Waals surface area contributed by atoms with Crippen LogP contribution in [0.2, 0.25) is 0 Å². The molecule has 1 heterocycles. The second-order valence-corrected chi connectivity index (χ2v) is 10.9. The maximum atomic E-state index is 11.8. The molecule has 0 fully saturated rings. The first-order valence-electron chi connectivity index (χ1n) is 6.48. The van der Waals surface area contributed by atoms with Crippen LogP contribution in [0, 0.1) is 5.41 Å². The summed E-state index contributed by atoms with van der Waals surface area (Å²) in [6.45, 7) is 6.21. The van der Waals surface area contributed by atoms with E-state index in [1.54, 1.807) is 6.07 Å². The average molecular weight is 355 g/mol. The molecule has 0 aromatic carbocycles. The summed E-state index contributed by atoms with van der Waals surface area (Å²) in [7, 11) is -6.98. The van der Waals surface area contributed by atoms with Gasteiger partial charge in [0, 0.05) is 11.4 Å². The van der Waals surface area contributed by atoms with Crippen LogP contribution in [-0.2, 0) is 26.5 Å². The lowest BCUT2D eigenvalue weighted by Crippen LogP contribution is -2.29. The number of hydrogen-bond acceptors (Lipinski definition) is 5. The van der Waals surface area contributed by atoms with Crippen LogP contribution in [0.25, 0.3) is 0 Å². The number of primary sulfonamides is 1. The number of nitrogens with one attached hydrogen (secondary N) is 1. The number of rotatable bonds is 7. The minimum absolute atomic E-state index is 0.0348. The lowest BCUT2D eigenvalue weighted by atomic mass is 9.94. The smallest absolute Gasteiger partial charge is 0.224 e. The molecule has 1 rings (SSSR count). The predicted octanol–water partition coefficient (Wildman–Crippen LogP) is 1.29. The Balaban J connectivity index is 2.48. The highest BCUT2D eigenvalue weighted by Crippen LogP contribution is 2.21. The maximum absolute atomic E-state index is 11.8. The third kappa shape index (κ3) is 7.37. The zero-order valence-electron chi connectivity index (χ0n) is 12.4. The van der Waals surface area contributed by atoms with Crippen molar-refractivity contribution in [1.82, 2.24) is 4.72 Å². The largest absolute Gasteiger partial charge is 0.247 e. The average Bonchev–Trinajstić information content (AvgIpc) is 2.74. The van der Waals surface area contributed by atoms with E-state index in [0.717, 1.165) is 16.2 Å². The van der Waals surface area contributed by atoms with Gasteiger partial charge in [-0.3, -0.25) is 0 Å². The van der Waals surface area contributed by atoms with Crippen molar-refractivity contribution in [3.05, 3.63) is 17.0 Å². The van der Waals surface area contributed by atoms with Crippen molar-refractivity contribution in [3.8, 4) is 0 Å². The van der Waals surface area contributed by atoms with Gasteiger partial charge in [-0.15, -0.1) is 11.3 Å². The van der Waals surface area contributed by atoms with Gasteiger partial charge in [-0.2, -0.15) is 0 Å². The topological polar surface area (TPSA) is 106 Å². The van der Waals surface area contributed by atoms with Gasteiger partial charge < -0.3 is 0 Å². The van der Waals surface area contributed by atoms with Crippen molar-refractivity contribution in [2.75, 3.05) is 12.3 Å². The Bertz CT molecular complexity index is 670. The highest BCUT2D eigenvalue weighted by Gasteiger charge is 2.17. The third-order valence-electron chi connectivity index (χ3n) is 2.73. The van der Waals surface area contributed by atoms with Gasteiger partial charge >= 0.3 is 0 Å². The summed E-state index contributed by atoms with van der Waals surface area (Å²) in [5.74, 6) is 0.0867. The minimum Gasteiger partial charge on any atom is -0.224 e. The zero-order chi connectivity index (χ0) is 16.3. The van der Waals surface area contributed by atoms with Crippen molar-refractivity contribution < 1.29 is 16.8 Å². The standard InChI is InChI=1S/C12H22N2O4S3/c1-12(2,3)7-9-20(15,16)14-8-6-10-4-5-11(19-10)21(13,17)18/h4-5,14H,6-9H2,1-3H3,(H2,13,17,18). The first kappa shape index (κ1) is 18.6.